The monoisotopic (exact) mass is 419 g/mol. The number of carbonyl (C=O) groups excluding carboxylic acids is 1. The quantitative estimate of drug-likeness (QED) is 0.739. The predicted octanol–water partition coefficient (Wildman–Crippen LogP) is 2.26. The number of halogens is 1. The van der Waals surface area contributed by atoms with E-state index in [4.69, 9.17) is 0 Å². The minimum Gasteiger partial charge on any atom is -1.00 e. The molecule has 0 aromatic heterocycles. The summed E-state index contributed by atoms with van der Waals surface area (Å²) >= 11 is 0. The molecule has 1 saturated heterocycles. The molecule has 4 heteroatoms. The lowest BCUT2D eigenvalue weighted by Crippen LogP contribution is -3.00. The summed E-state index contributed by atoms with van der Waals surface area (Å²) in [7, 11) is -1.20. The van der Waals surface area contributed by atoms with E-state index < -0.39 is 7.26 Å². The standard InChI is InChI=1S/C21H26NOP.BrH/c1-17-9-8-10-18(2)21(17)22-20(23)16-24(13-6-7-14-24)15-19-11-4-3-5-12-19;/h3-5,8-12H,6-7,13-16H2,1-2H3;1H. The van der Waals surface area contributed by atoms with Gasteiger partial charge in [0, 0.05) is 12.9 Å². The van der Waals surface area contributed by atoms with Crippen molar-refractivity contribution in [2.45, 2.75) is 32.9 Å². The van der Waals surface area contributed by atoms with Crippen molar-refractivity contribution < 1.29 is 21.8 Å². The van der Waals surface area contributed by atoms with Crippen LogP contribution in [-0.4, -0.2) is 24.4 Å². The molecule has 1 amide bonds. The van der Waals surface area contributed by atoms with Crippen LogP contribution in [0.3, 0.4) is 0 Å². The second kappa shape index (κ2) is 8.96. The number of aryl methyl sites for hydroxylation is 2. The van der Waals surface area contributed by atoms with Gasteiger partial charge < -0.3 is 22.3 Å². The number of amides is 1. The average molecular weight is 420 g/mol. The summed E-state index contributed by atoms with van der Waals surface area (Å²) in [5.41, 5.74) is 4.68. The maximum atomic E-state index is 12.8. The largest absolute Gasteiger partial charge is 1.00 e. The molecule has 2 nitrogen and oxygen atoms in total. The summed E-state index contributed by atoms with van der Waals surface area (Å²) in [4.78, 5) is 12.8. The van der Waals surface area contributed by atoms with E-state index in [1.807, 2.05) is 6.07 Å². The highest BCUT2D eigenvalue weighted by Gasteiger charge is 2.43. The molecule has 0 saturated carbocycles. The Labute approximate surface area is 162 Å². The molecule has 0 spiro atoms. The highest BCUT2D eigenvalue weighted by atomic mass is 79.9. The van der Waals surface area contributed by atoms with Gasteiger partial charge in [0.2, 0.25) is 0 Å². The number of para-hydroxylation sites is 1. The van der Waals surface area contributed by atoms with E-state index in [1.54, 1.807) is 0 Å². The van der Waals surface area contributed by atoms with E-state index in [2.05, 4.69) is 61.6 Å². The highest BCUT2D eigenvalue weighted by Crippen LogP contribution is 2.65. The van der Waals surface area contributed by atoms with Crippen molar-refractivity contribution in [2.24, 2.45) is 0 Å². The fourth-order valence-corrected chi connectivity index (χ4v) is 8.27. The fraction of sp³-hybridized carbons (Fsp3) is 0.381. The van der Waals surface area contributed by atoms with Crippen molar-refractivity contribution >= 4 is 18.9 Å². The summed E-state index contributed by atoms with van der Waals surface area (Å²) < 4.78 is 0. The maximum Gasteiger partial charge on any atom is 0.261 e. The molecule has 0 radical (unpaired) electrons. The smallest absolute Gasteiger partial charge is 0.261 e. The van der Waals surface area contributed by atoms with E-state index in [0.717, 1.165) is 29.1 Å². The fourth-order valence-electron chi connectivity index (χ4n) is 3.84. The first-order valence-corrected chi connectivity index (χ1v) is 11.4. The maximum absolute atomic E-state index is 12.8. The van der Waals surface area contributed by atoms with Crippen LogP contribution in [0.25, 0.3) is 0 Å². The lowest BCUT2D eigenvalue weighted by atomic mass is 10.1. The Morgan fingerprint density at radius 1 is 0.960 bits per heavy atom. The first kappa shape index (κ1) is 20.1. The van der Waals surface area contributed by atoms with Crippen LogP contribution in [-0.2, 0) is 11.0 Å². The molecule has 0 bridgehead atoms. The normalized spacial score (nSPS) is 15.4. The third-order valence-electron chi connectivity index (χ3n) is 5.10. The molecular formula is C21H27BrNOP. The lowest BCUT2D eigenvalue weighted by Gasteiger charge is -2.22. The number of anilines is 1. The second-order valence-corrected chi connectivity index (χ2v) is 11.3. The minimum atomic E-state index is -1.20. The van der Waals surface area contributed by atoms with E-state index in [-0.39, 0.29) is 22.9 Å². The van der Waals surface area contributed by atoms with Crippen LogP contribution in [0.2, 0.25) is 0 Å². The van der Waals surface area contributed by atoms with Crippen LogP contribution in [0.4, 0.5) is 5.69 Å². The van der Waals surface area contributed by atoms with Gasteiger partial charge >= 0.3 is 0 Å². The van der Waals surface area contributed by atoms with E-state index >= 15 is 0 Å². The Balaban J connectivity index is 0.00000225. The van der Waals surface area contributed by atoms with Crippen LogP contribution in [0.5, 0.6) is 0 Å². The van der Waals surface area contributed by atoms with Crippen molar-refractivity contribution in [3.05, 3.63) is 65.2 Å². The van der Waals surface area contributed by atoms with Crippen LogP contribution in [0, 0.1) is 13.8 Å². The highest BCUT2D eigenvalue weighted by molar-refractivity contribution is 7.76. The van der Waals surface area contributed by atoms with Gasteiger partial charge in [0.25, 0.3) is 5.91 Å². The summed E-state index contributed by atoms with van der Waals surface area (Å²) in [5, 5.41) is 3.20. The van der Waals surface area contributed by atoms with Crippen molar-refractivity contribution in [1.29, 1.82) is 0 Å². The van der Waals surface area contributed by atoms with Crippen molar-refractivity contribution in [1.82, 2.24) is 0 Å². The molecule has 134 valence electrons. The number of rotatable bonds is 5. The Kier molecular flexibility index (Phi) is 7.22. The number of hydrogen-bond donors (Lipinski definition) is 1. The Hall–Kier alpha value is -1.18. The van der Waals surface area contributed by atoms with Gasteiger partial charge in [-0.05, 0) is 43.4 Å². The molecular weight excluding hydrogens is 393 g/mol. The van der Waals surface area contributed by atoms with Gasteiger partial charge in [-0.15, -0.1) is 0 Å². The SMILES string of the molecule is Cc1cccc(C)c1NC(=O)C[P+]1(Cc2ccccc2)CCCC1.[Br-]. The molecule has 2 aromatic carbocycles. The first-order valence-electron chi connectivity index (χ1n) is 8.83. The van der Waals surface area contributed by atoms with Gasteiger partial charge in [0.1, 0.15) is 6.16 Å². The molecule has 0 aliphatic carbocycles. The number of carbonyl (C=O) groups is 1. The first-order chi connectivity index (χ1) is 11.6. The Morgan fingerprint density at radius 2 is 1.56 bits per heavy atom. The molecule has 3 rings (SSSR count). The molecule has 0 unspecified atom stereocenters. The summed E-state index contributed by atoms with van der Waals surface area (Å²) in [6.07, 6.45) is 6.96. The van der Waals surface area contributed by atoms with E-state index in [0.29, 0.717) is 0 Å². The summed E-state index contributed by atoms with van der Waals surface area (Å²) in [6.45, 7) is 4.13. The minimum absolute atomic E-state index is 0. The number of nitrogens with one attached hydrogen (secondary N) is 1. The summed E-state index contributed by atoms with van der Waals surface area (Å²) in [5.74, 6) is 0.207. The topological polar surface area (TPSA) is 29.1 Å². The van der Waals surface area contributed by atoms with Gasteiger partial charge in [0.05, 0.1) is 18.5 Å². The Bertz CT molecular complexity index is 691. The molecule has 2 aromatic rings. The lowest BCUT2D eigenvalue weighted by molar-refractivity contribution is -0.113. The van der Waals surface area contributed by atoms with Crippen molar-refractivity contribution in [3.8, 4) is 0 Å². The molecule has 1 heterocycles. The zero-order valence-corrected chi connectivity index (χ0v) is 17.6. The molecule has 1 N–H and O–H groups in total. The number of hydrogen-bond acceptors (Lipinski definition) is 1. The van der Waals surface area contributed by atoms with Crippen LogP contribution >= 0.6 is 7.26 Å². The second-order valence-electron chi connectivity index (χ2n) is 7.11. The van der Waals surface area contributed by atoms with Gasteiger partial charge in [-0.1, -0.05) is 48.5 Å². The molecule has 0 atom stereocenters. The molecule has 1 aliphatic heterocycles. The number of benzene rings is 2. The molecule has 1 aliphatic rings. The van der Waals surface area contributed by atoms with E-state index in [9.17, 15) is 4.79 Å². The predicted molar refractivity (Wildman–Crippen MR) is 105 cm³/mol. The molecule has 1 fully saturated rings. The van der Waals surface area contributed by atoms with Crippen LogP contribution in [0.1, 0.15) is 29.5 Å². The zero-order valence-electron chi connectivity index (χ0n) is 15.1. The van der Waals surface area contributed by atoms with Gasteiger partial charge in [0.15, 0.2) is 0 Å². The zero-order chi connectivity index (χ0) is 17.0. The van der Waals surface area contributed by atoms with E-state index in [1.165, 1.54) is 30.7 Å². The third kappa shape index (κ3) is 5.15. The van der Waals surface area contributed by atoms with Crippen LogP contribution in [0.15, 0.2) is 48.5 Å². The summed E-state index contributed by atoms with van der Waals surface area (Å²) in [6, 6.07) is 16.9. The van der Waals surface area contributed by atoms with Crippen molar-refractivity contribution in [2.75, 3.05) is 23.8 Å². The van der Waals surface area contributed by atoms with Gasteiger partial charge in [-0.3, -0.25) is 4.79 Å². The van der Waals surface area contributed by atoms with Crippen LogP contribution < -0.4 is 22.3 Å². The Morgan fingerprint density at radius 3 is 2.16 bits per heavy atom. The molecule has 25 heavy (non-hydrogen) atoms. The van der Waals surface area contributed by atoms with Gasteiger partial charge in [-0.2, -0.15) is 0 Å². The van der Waals surface area contributed by atoms with Gasteiger partial charge in [-0.25, -0.2) is 0 Å². The third-order valence-corrected chi connectivity index (χ3v) is 9.62. The average Bonchev–Trinajstić information content (AvgIpc) is 3.00. The van der Waals surface area contributed by atoms with Crippen molar-refractivity contribution in [3.63, 3.8) is 0 Å².